The van der Waals surface area contributed by atoms with Gasteiger partial charge in [-0.15, -0.1) is 0 Å². The molecule has 0 aliphatic carbocycles. The van der Waals surface area contributed by atoms with E-state index < -0.39 is 0 Å². The van der Waals surface area contributed by atoms with Crippen molar-refractivity contribution in [1.82, 2.24) is 0 Å². The molecule has 0 bridgehead atoms. The van der Waals surface area contributed by atoms with Crippen LogP contribution in [0.4, 0.5) is 4.39 Å². The quantitative estimate of drug-likeness (QED) is 0.866. The van der Waals surface area contributed by atoms with Gasteiger partial charge in [-0.3, -0.25) is 0 Å². The van der Waals surface area contributed by atoms with Gasteiger partial charge in [0.25, 0.3) is 0 Å². The molecule has 0 radical (unpaired) electrons. The van der Waals surface area contributed by atoms with E-state index in [2.05, 4.69) is 26.0 Å². The molecule has 3 heteroatoms. The third-order valence-corrected chi connectivity index (χ3v) is 3.61. The van der Waals surface area contributed by atoms with Gasteiger partial charge in [-0.25, -0.2) is 4.39 Å². The SMILES string of the molecule is CC(C)Cc1ccc(C(N)c2ccc(F)cc2Cl)cc1. The van der Waals surface area contributed by atoms with E-state index in [0.29, 0.717) is 10.9 Å². The van der Waals surface area contributed by atoms with Crippen LogP contribution in [0.25, 0.3) is 0 Å². The predicted molar refractivity (Wildman–Crippen MR) is 82.4 cm³/mol. The van der Waals surface area contributed by atoms with Crippen LogP contribution in [0.2, 0.25) is 5.02 Å². The van der Waals surface area contributed by atoms with Crippen molar-refractivity contribution in [3.63, 3.8) is 0 Å². The lowest BCUT2D eigenvalue weighted by atomic mass is 9.96. The van der Waals surface area contributed by atoms with Crippen LogP contribution in [0.5, 0.6) is 0 Å². The Morgan fingerprint density at radius 1 is 1.10 bits per heavy atom. The maximum absolute atomic E-state index is 13.1. The number of hydrogen-bond acceptors (Lipinski definition) is 1. The molecule has 2 N–H and O–H groups in total. The number of nitrogens with two attached hydrogens (primary N) is 1. The van der Waals surface area contributed by atoms with Crippen molar-refractivity contribution in [2.45, 2.75) is 26.3 Å². The van der Waals surface area contributed by atoms with E-state index in [-0.39, 0.29) is 11.9 Å². The van der Waals surface area contributed by atoms with E-state index in [1.165, 1.54) is 17.7 Å². The molecule has 2 rings (SSSR count). The van der Waals surface area contributed by atoms with Crippen LogP contribution < -0.4 is 5.73 Å². The summed E-state index contributed by atoms with van der Waals surface area (Å²) in [5.41, 5.74) is 9.22. The monoisotopic (exact) mass is 291 g/mol. The molecule has 0 amide bonds. The maximum atomic E-state index is 13.1. The Labute approximate surface area is 124 Å². The van der Waals surface area contributed by atoms with Crippen LogP contribution in [0.3, 0.4) is 0 Å². The summed E-state index contributed by atoms with van der Waals surface area (Å²) in [5.74, 6) is 0.277. The summed E-state index contributed by atoms with van der Waals surface area (Å²) in [7, 11) is 0. The Hall–Kier alpha value is -1.38. The predicted octanol–water partition coefficient (Wildman–Crippen LogP) is 4.73. The van der Waals surface area contributed by atoms with Gasteiger partial charge >= 0.3 is 0 Å². The van der Waals surface area contributed by atoms with Gasteiger partial charge in [-0.1, -0.05) is 55.8 Å². The fourth-order valence-electron chi connectivity index (χ4n) is 2.27. The van der Waals surface area contributed by atoms with E-state index >= 15 is 0 Å². The lowest BCUT2D eigenvalue weighted by molar-refractivity contribution is 0.626. The third kappa shape index (κ3) is 3.59. The van der Waals surface area contributed by atoms with Crippen molar-refractivity contribution in [2.24, 2.45) is 11.7 Å². The first kappa shape index (κ1) is 15.0. The van der Waals surface area contributed by atoms with E-state index in [4.69, 9.17) is 17.3 Å². The summed E-state index contributed by atoms with van der Waals surface area (Å²) in [5, 5.41) is 0.365. The first-order chi connectivity index (χ1) is 9.47. The molecule has 0 heterocycles. The van der Waals surface area contributed by atoms with Gasteiger partial charge in [-0.2, -0.15) is 0 Å². The van der Waals surface area contributed by atoms with Gasteiger partial charge in [0.1, 0.15) is 5.82 Å². The van der Waals surface area contributed by atoms with Crippen LogP contribution in [0.1, 0.15) is 36.6 Å². The zero-order valence-corrected chi connectivity index (χ0v) is 12.5. The Kier molecular flexibility index (Phi) is 4.79. The molecule has 0 saturated heterocycles. The van der Waals surface area contributed by atoms with Crippen LogP contribution in [0.15, 0.2) is 42.5 Å². The van der Waals surface area contributed by atoms with E-state index in [0.717, 1.165) is 17.5 Å². The smallest absolute Gasteiger partial charge is 0.124 e. The molecule has 0 aliphatic rings. The molecule has 2 aromatic rings. The van der Waals surface area contributed by atoms with Crippen molar-refractivity contribution in [3.8, 4) is 0 Å². The van der Waals surface area contributed by atoms with Crippen molar-refractivity contribution in [2.75, 3.05) is 0 Å². The van der Waals surface area contributed by atoms with Crippen molar-refractivity contribution in [3.05, 3.63) is 70.0 Å². The molecular weight excluding hydrogens is 273 g/mol. The van der Waals surface area contributed by atoms with Crippen LogP contribution in [-0.2, 0) is 6.42 Å². The summed E-state index contributed by atoms with van der Waals surface area (Å²) in [6.45, 7) is 4.38. The van der Waals surface area contributed by atoms with Crippen LogP contribution in [-0.4, -0.2) is 0 Å². The lowest BCUT2D eigenvalue weighted by Gasteiger charge is -2.15. The van der Waals surface area contributed by atoms with Crippen molar-refractivity contribution < 1.29 is 4.39 Å². The van der Waals surface area contributed by atoms with Crippen molar-refractivity contribution in [1.29, 1.82) is 0 Å². The molecule has 1 atom stereocenters. The van der Waals surface area contributed by atoms with Gasteiger partial charge in [0.05, 0.1) is 6.04 Å². The van der Waals surface area contributed by atoms with Crippen LogP contribution in [0, 0.1) is 11.7 Å². The highest BCUT2D eigenvalue weighted by Gasteiger charge is 2.13. The molecule has 1 unspecified atom stereocenters. The van der Waals surface area contributed by atoms with Gasteiger partial charge in [0.2, 0.25) is 0 Å². The molecule has 0 aliphatic heterocycles. The topological polar surface area (TPSA) is 26.0 Å². The first-order valence-corrected chi connectivity index (χ1v) is 7.14. The molecule has 0 spiro atoms. The van der Waals surface area contributed by atoms with Gasteiger partial charge < -0.3 is 5.73 Å². The Bertz CT molecular complexity index is 578. The minimum Gasteiger partial charge on any atom is -0.320 e. The minimum absolute atomic E-state index is 0.337. The minimum atomic E-state index is -0.349. The third-order valence-electron chi connectivity index (χ3n) is 3.28. The molecule has 106 valence electrons. The van der Waals surface area contributed by atoms with Gasteiger partial charge in [-0.05, 0) is 41.2 Å². The Balaban J connectivity index is 2.22. The number of rotatable bonds is 4. The zero-order valence-electron chi connectivity index (χ0n) is 11.7. The van der Waals surface area contributed by atoms with Crippen molar-refractivity contribution >= 4 is 11.6 Å². The molecular formula is C17H19ClFN. The summed E-state index contributed by atoms with van der Waals surface area (Å²) >= 11 is 6.05. The fourth-order valence-corrected chi connectivity index (χ4v) is 2.55. The molecule has 1 nitrogen and oxygen atoms in total. The van der Waals surface area contributed by atoms with Crippen LogP contribution >= 0.6 is 11.6 Å². The summed E-state index contributed by atoms with van der Waals surface area (Å²) in [4.78, 5) is 0. The average molecular weight is 292 g/mol. The lowest BCUT2D eigenvalue weighted by Crippen LogP contribution is -2.12. The summed E-state index contributed by atoms with van der Waals surface area (Å²) in [6, 6.07) is 12.2. The molecule has 0 saturated carbocycles. The van der Waals surface area contributed by atoms with Gasteiger partial charge in [0, 0.05) is 5.02 Å². The standard InChI is InChI=1S/C17H19ClFN/c1-11(2)9-12-3-5-13(6-4-12)17(20)15-8-7-14(19)10-16(15)18/h3-8,10-11,17H,9,20H2,1-2H3. The first-order valence-electron chi connectivity index (χ1n) is 6.76. The molecule has 2 aromatic carbocycles. The highest BCUT2D eigenvalue weighted by atomic mass is 35.5. The summed E-state index contributed by atoms with van der Waals surface area (Å²) in [6.07, 6.45) is 1.05. The molecule has 20 heavy (non-hydrogen) atoms. The number of halogens is 2. The molecule has 0 fully saturated rings. The normalized spacial score (nSPS) is 12.7. The average Bonchev–Trinajstić information content (AvgIpc) is 2.38. The second-order valence-electron chi connectivity index (χ2n) is 5.48. The fraction of sp³-hybridized carbons (Fsp3) is 0.294. The second kappa shape index (κ2) is 6.38. The van der Waals surface area contributed by atoms with Gasteiger partial charge in [0.15, 0.2) is 0 Å². The number of hydrogen-bond donors (Lipinski definition) is 1. The number of benzene rings is 2. The maximum Gasteiger partial charge on any atom is 0.124 e. The Morgan fingerprint density at radius 2 is 1.75 bits per heavy atom. The highest BCUT2D eigenvalue weighted by Crippen LogP contribution is 2.27. The van der Waals surface area contributed by atoms with E-state index in [9.17, 15) is 4.39 Å². The molecule has 0 aromatic heterocycles. The highest BCUT2D eigenvalue weighted by molar-refractivity contribution is 6.31. The largest absolute Gasteiger partial charge is 0.320 e. The Morgan fingerprint density at radius 3 is 2.30 bits per heavy atom. The second-order valence-corrected chi connectivity index (χ2v) is 5.89. The van der Waals surface area contributed by atoms with E-state index in [1.807, 2.05) is 12.1 Å². The summed E-state index contributed by atoms with van der Waals surface area (Å²) < 4.78 is 13.1. The van der Waals surface area contributed by atoms with E-state index in [1.54, 1.807) is 6.07 Å². The zero-order chi connectivity index (χ0) is 14.7.